The normalized spacial score (nSPS) is 14.7. The number of hydrogen-bond donors (Lipinski definition) is 0. The molecule has 1 aliphatic rings. The third kappa shape index (κ3) is 3.13. The Labute approximate surface area is 145 Å². The number of nitrogens with zero attached hydrogens (tertiary/aromatic N) is 1. The molecule has 1 heterocycles. The fourth-order valence-electron chi connectivity index (χ4n) is 2.24. The number of ether oxygens (including phenoxy) is 3. The molecule has 0 aliphatic carbocycles. The molecule has 0 amide bonds. The van der Waals surface area contributed by atoms with Crippen LogP contribution in [0.5, 0.6) is 0 Å². The van der Waals surface area contributed by atoms with E-state index in [9.17, 15) is 18.4 Å². The Kier molecular flexibility index (Phi) is 5.55. The Balaban J connectivity index is 2.68. The summed E-state index contributed by atoms with van der Waals surface area (Å²) in [7, 11) is 2.27. The average Bonchev–Trinajstić information content (AvgIpc) is 2.60. The zero-order valence-electron chi connectivity index (χ0n) is 13.1. The van der Waals surface area contributed by atoms with Crippen molar-refractivity contribution in [3.63, 3.8) is 0 Å². The van der Waals surface area contributed by atoms with Gasteiger partial charge in [-0.05, 0) is 28.9 Å². The van der Waals surface area contributed by atoms with E-state index in [0.29, 0.717) is 0 Å². The molecule has 130 valence electrons. The van der Waals surface area contributed by atoms with Gasteiger partial charge in [-0.2, -0.15) is 0 Å². The molecule has 0 saturated heterocycles. The molecule has 0 atom stereocenters. The number of esters is 2. The van der Waals surface area contributed by atoms with Gasteiger partial charge < -0.3 is 19.1 Å². The molecule has 0 fully saturated rings. The van der Waals surface area contributed by atoms with Crippen LogP contribution in [0.2, 0.25) is 0 Å². The Bertz CT molecular complexity index is 735. The van der Waals surface area contributed by atoms with Crippen molar-refractivity contribution in [1.82, 2.24) is 0 Å². The highest BCUT2D eigenvalue weighted by Gasteiger charge is 2.34. The van der Waals surface area contributed by atoms with Crippen LogP contribution in [0.25, 0.3) is 0 Å². The Morgan fingerprint density at radius 2 is 1.83 bits per heavy atom. The van der Waals surface area contributed by atoms with Crippen molar-refractivity contribution in [2.75, 3.05) is 32.5 Å². The van der Waals surface area contributed by atoms with Gasteiger partial charge in [-0.3, -0.25) is 0 Å². The largest absolute Gasteiger partial charge is 0.466 e. The minimum atomic E-state index is -0.883. The lowest BCUT2D eigenvalue weighted by Gasteiger charge is -2.32. The fraction of sp³-hybridized carbons (Fsp3) is 0.333. The Morgan fingerprint density at radius 3 is 2.42 bits per heavy atom. The summed E-state index contributed by atoms with van der Waals surface area (Å²) in [5, 5.41) is 0. The van der Waals surface area contributed by atoms with Gasteiger partial charge in [0.2, 0.25) is 0 Å². The summed E-state index contributed by atoms with van der Waals surface area (Å²) in [4.78, 5) is 25.1. The predicted molar refractivity (Wildman–Crippen MR) is 83.2 cm³/mol. The molecule has 6 nitrogen and oxygen atoms in total. The zero-order valence-corrected chi connectivity index (χ0v) is 14.7. The summed E-state index contributed by atoms with van der Waals surface area (Å²) in [5.41, 5.74) is -0.712. The van der Waals surface area contributed by atoms with Crippen molar-refractivity contribution in [2.45, 2.75) is 6.92 Å². The van der Waals surface area contributed by atoms with E-state index >= 15 is 0 Å². The van der Waals surface area contributed by atoms with Crippen LogP contribution >= 0.6 is 15.9 Å². The molecule has 1 aromatic rings. The number of rotatable bonds is 3. The van der Waals surface area contributed by atoms with Crippen molar-refractivity contribution in [3.8, 4) is 0 Å². The Hall–Kier alpha value is -2.00. The van der Waals surface area contributed by atoms with Gasteiger partial charge in [-0.25, -0.2) is 18.4 Å². The predicted octanol–water partition coefficient (Wildman–Crippen LogP) is 2.43. The zero-order chi connectivity index (χ0) is 18.0. The molecule has 0 radical (unpaired) electrons. The van der Waals surface area contributed by atoms with E-state index in [2.05, 4.69) is 25.4 Å². The van der Waals surface area contributed by atoms with Crippen LogP contribution in [0.3, 0.4) is 0 Å². The highest BCUT2D eigenvalue weighted by Crippen LogP contribution is 2.34. The van der Waals surface area contributed by atoms with E-state index in [-0.39, 0.29) is 40.3 Å². The van der Waals surface area contributed by atoms with E-state index in [4.69, 9.17) is 4.74 Å². The van der Waals surface area contributed by atoms with Crippen LogP contribution in [0.1, 0.15) is 5.56 Å². The monoisotopic (exact) mass is 405 g/mol. The molecule has 0 bridgehead atoms. The minimum absolute atomic E-state index is 0.00538. The Morgan fingerprint density at radius 1 is 1.21 bits per heavy atom. The number of carbonyl (C=O) groups is 2. The summed E-state index contributed by atoms with van der Waals surface area (Å²) >= 11 is 3.00. The van der Waals surface area contributed by atoms with E-state index in [1.807, 2.05) is 0 Å². The maximum atomic E-state index is 14.5. The number of benzene rings is 1. The molecule has 0 N–H and O–H groups in total. The first-order chi connectivity index (χ1) is 11.3. The first kappa shape index (κ1) is 18.3. The molecule has 0 spiro atoms. The van der Waals surface area contributed by atoms with Crippen LogP contribution in [-0.2, 0) is 23.8 Å². The standard InChI is InChI=1S/C15H14BrF2NO5/c1-7-11(17)9(16)4-10(12(7)18)19-6-24-5-8(14(20)22-2)13(19)15(21)23-3/h4H,5-6H2,1-3H3. The maximum Gasteiger partial charge on any atom is 0.355 e. The van der Waals surface area contributed by atoms with Crippen LogP contribution < -0.4 is 4.90 Å². The molecule has 0 saturated carbocycles. The molecule has 1 aliphatic heterocycles. The molecule has 0 unspecified atom stereocenters. The van der Waals surface area contributed by atoms with Crippen LogP contribution in [-0.4, -0.2) is 39.5 Å². The van der Waals surface area contributed by atoms with Crippen molar-refractivity contribution < 1.29 is 32.6 Å². The lowest BCUT2D eigenvalue weighted by atomic mass is 10.1. The molecule has 9 heteroatoms. The minimum Gasteiger partial charge on any atom is -0.466 e. The number of halogens is 3. The van der Waals surface area contributed by atoms with Crippen molar-refractivity contribution >= 4 is 33.6 Å². The molecule has 1 aromatic carbocycles. The summed E-state index contributed by atoms with van der Waals surface area (Å²) < 4.78 is 42.9. The van der Waals surface area contributed by atoms with Gasteiger partial charge in [0.1, 0.15) is 18.2 Å². The molecule has 2 rings (SSSR count). The van der Waals surface area contributed by atoms with Crippen LogP contribution in [0.4, 0.5) is 14.5 Å². The average molecular weight is 406 g/mol. The van der Waals surface area contributed by atoms with Crippen molar-refractivity contribution in [3.05, 3.63) is 39.0 Å². The molecule has 0 aromatic heterocycles. The number of anilines is 1. The van der Waals surface area contributed by atoms with Crippen molar-refractivity contribution in [1.29, 1.82) is 0 Å². The van der Waals surface area contributed by atoms with E-state index in [0.717, 1.165) is 25.2 Å². The van der Waals surface area contributed by atoms with Gasteiger partial charge in [-0.1, -0.05) is 0 Å². The SMILES string of the molecule is COC(=O)C1=C(C(=O)OC)N(c2cc(Br)c(F)c(C)c2F)COC1. The van der Waals surface area contributed by atoms with Gasteiger partial charge in [0.25, 0.3) is 0 Å². The third-order valence-electron chi connectivity index (χ3n) is 3.48. The molecular weight excluding hydrogens is 392 g/mol. The number of carbonyl (C=O) groups excluding carboxylic acids is 2. The smallest absolute Gasteiger partial charge is 0.355 e. The maximum absolute atomic E-state index is 14.5. The van der Waals surface area contributed by atoms with Crippen LogP contribution in [0, 0.1) is 18.6 Å². The van der Waals surface area contributed by atoms with E-state index < -0.39 is 23.6 Å². The fourth-order valence-corrected chi connectivity index (χ4v) is 2.76. The van der Waals surface area contributed by atoms with Gasteiger partial charge in [0, 0.05) is 5.56 Å². The summed E-state index contributed by atoms with van der Waals surface area (Å²) in [6.45, 7) is 0.836. The third-order valence-corrected chi connectivity index (χ3v) is 4.06. The van der Waals surface area contributed by atoms with Crippen molar-refractivity contribution in [2.24, 2.45) is 0 Å². The summed E-state index contributed by atoms with van der Waals surface area (Å²) in [6.07, 6.45) is 0. The second kappa shape index (κ2) is 7.27. The van der Waals surface area contributed by atoms with E-state index in [1.54, 1.807) is 0 Å². The molecular formula is C15H14BrF2NO5. The lowest BCUT2D eigenvalue weighted by Crippen LogP contribution is -2.39. The topological polar surface area (TPSA) is 65.1 Å². The summed E-state index contributed by atoms with van der Waals surface area (Å²) in [5.74, 6) is -3.31. The second-order valence-electron chi connectivity index (χ2n) is 4.85. The van der Waals surface area contributed by atoms with Gasteiger partial charge >= 0.3 is 11.9 Å². The van der Waals surface area contributed by atoms with Gasteiger partial charge in [0.15, 0.2) is 5.82 Å². The first-order valence-corrected chi connectivity index (χ1v) is 7.51. The van der Waals surface area contributed by atoms with E-state index in [1.165, 1.54) is 6.92 Å². The quantitative estimate of drug-likeness (QED) is 0.568. The summed E-state index contributed by atoms with van der Waals surface area (Å²) in [6, 6.07) is 1.16. The molecule has 24 heavy (non-hydrogen) atoms. The second-order valence-corrected chi connectivity index (χ2v) is 5.70. The highest BCUT2D eigenvalue weighted by atomic mass is 79.9. The number of hydrogen-bond acceptors (Lipinski definition) is 6. The van der Waals surface area contributed by atoms with Gasteiger partial charge in [-0.15, -0.1) is 0 Å². The highest BCUT2D eigenvalue weighted by molar-refractivity contribution is 9.10. The number of methoxy groups -OCH3 is 2. The van der Waals surface area contributed by atoms with Gasteiger partial charge in [0.05, 0.1) is 36.6 Å². The van der Waals surface area contributed by atoms with Crippen LogP contribution in [0.15, 0.2) is 21.8 Å². The lowest BCUT2D eigenvalue weighted by molar-refractivity contribution is -0.140. The first-order valence-electron chi connectivity index (χ1n) is 6.72.